The topological polar surface area (TPSA) is 91.3 Å². The summed E-state index contributed by atoms with van der Waals surface area (Å²) in [6.45, 7) is 0. The summed E-state index contributed by atoms with van der Waals surface area (Å²) >= 11 is 0. The van der Waals surface area contributed by atoms with E-state index in [0.29, 0.717) is 18.5 Å². The number of aliphatic carboxylic acids is 1. The molecule has 3 N–H and O–H groups in total. The van der Waals surface area contributed by atoms with Gasteiger partial charge in [0.2, 0.25) is 0 Å². The van der Waals surface area contributed by atoms with E-state index < -0.39 is 17.5 Å². The van der Waals surface area contributed by atoms with Gasteiger partial charge in [-0.15, -0.1) is 0 Å². The van der Waals surface area contributed by atoms with Crippen LogP contribution in [0.15, 0.2) is 36.7 Å². The largest absolute Gasteiger partial charge is 0.480 e. The number of fused-ring (bicyclic) bond motifs is 1. The van der Waals surface area contributed by atoms with Gasteiger partial charge in [-0.1, -0.05) is 12.1 Å². The molecule has 0 saturated heterocycles. The second kappa shape index (κ2) is 5.05. The van der Waals surface area contributed by atoms with Crippen LogP contribution >= 0.6 is 0 Å². The molecule has 1 fully saturated rings. The van der Waals surface area contributed by atoms with Crippen LogP contribution in [0.3, 0.4) is 0 Å². The van der Waals surface area contributed by atoms with Gasteiger partial charge in [0.05, 0.1) is 5.69 Å². The number of urea groups is 1. The summed E-state index contributed by atoms with van der Waals surface area (Å²) in [7, 11) is 0. The SMILES string of the molecule is O=C(Nc1cccc2ccncc12)NC1(C(=O)O)CCC1. The predicted octanol–water partition coefficient (Wildman–Crippen LogP) is 2.36. The molecule has 2 aromatic rings. The van der Waals surface area contributed by atoms with Crippen molar-refractivity contribution in [3.05, 3.63) is 36.7 Å². The van der Waals surface area contributed by atoms with Crippen LogP contribution in [0.1, 0.15) is 19.3 Å². The molecule has 21 heavy (non-hydrogen) atoms. The number of hydrogen-bond acceptors (Lipinski definition) is 3. The summed E-state index contributed by atoms with van der Waals surface area (Å²) in [6, 6.07) is 6.85. The van der Waals surface area contributed by atoms with Crippen molar-refractivity contribution < 1.29 is 14.7 Å². The van der Waals surface area contributed by atoms with Gasteiger partial charge < -0.3 is 15.7 Å². The van der Waals surface area contributed by atoms with E-state index in [1.807, 2.05) is 18.2 Å². The smallest absolute Gasteiger partial charge is 0.329 e. The van der Waals surface area contributed by atoms with Gasteiger partial charge in [0, 0.05) is 17.8 Å². The summed E-state index contributed by atoms with van der Waals surface area (Å²) in [6.07, 6.45) is 5.09. The Balaban J connectivity index is 1.79. The van der Waals surface area contributed by atoms with E-state index in [0.717, 1.165) is 17.2 Å². The van der Waals surface area contributed by atoms with Crippen LogP contribution < -0.4 is 10.6 Å². The molecule has 2 amide bonds. The number of carbonyl (C=O) groups is 2. The molecule has 1 aliphatic carbocycles. The number of benzene rings is 1. The molecular formula is C15H15N3O3. The average Bonchev–Trinajstić information content (AvgIpc) is 2.43. The molecule has 1 aliphatic rings. The number of rotatable bonds is 3. The highest BCUT2D eigenvalue weighted by Crippen LogP contribution is 2.32. The third kappa shape index (κ3) is 2.40. The van der Waals surface area contributed by atoms with Crippen LogP contribution in [-0.4, -0.2) is 27.6 Å². The van der Waals surface area contributed by atoms with Gasteiger partial charge in [0.25, 0.3) is 0 Å². The zero-order valence-electron chi connectivity index (χ0n) is 11.3. The number of pyridine rings is 1. The van der Waals surface area contributed by atoms with Crippen molar-refractivity contribution in [1.29, 1.82) is 0 Å². The van der Waals surface area contributed by atoms with Crippen molar-refractivity contribution in [2.75, 3.05) is 5.32 Å². The molecule has 0 bridgehead atoms. The van der Waals surface area contributed by atoms with E-state index in [2.05, 4.69) is 15.6 Å². The normalized spacial score (nSPS) is 16.0. The number of aromatic nitrogens is 1. The number of carbonyl (C=O) groups excluding carboxylic acids is 1. The summed E-state index contributed by atoms with van der Waals surface area (Å²) in [5.74, 6) is -0.983. The van der Waals surface area contributed by atoms with Crippen molar-refractivity contribution in [3.63, 3.8) is 0 Å². The molecule has 0 radical (unpaired) electrons. The maximum atomic E-state index is 12.1. The lowest BCUT2D eigenvalue weighted by atomic mass is 9.77. The van der Waals surface area contributed by atoms with Gasteiger partial charge in [-0.3, -0.25) is 4.98 Å². The Bertz CT molecular complexity index is 705. The minimum atomic E-state index is -1.12. The molecule has 1 aromatic carbocycles. The van der Waals surface area contributed by atoms with E-state index in [1.54, 1.807) is 18.5 Å². The standard InChI is InChI=1S/C15H15N3O3/c19-13(20)15(6-2-7-15)18-14(21)17-12-4-1-3-10-5-8-16-9-11(10)12/h1,3-5,8-9H,2,6-7H2,(H,19,20)(H2,17,18,21). The van der Waals surface area contributed by atoms with E-state index in [4.69, 9.17) is 0 Å². The molecule has 0 atom stereocenters. The third-order valence-corrected chi connectivity index (χ3v) is 3.90. The molecule has 1 saturated carbocycles. The minimum absolute atomic E-state index is 0.465. The van der Waals surface area contributed by atoms with Crippen LogP contribution in [0.25, 0.3) is 10.8 Å². The van der Waals surface area contributed by atoms with Crippen LogP contribution in [0.2, 0.25) is 0 Å². The van der Waals surface area contributed by atoms with Gasteiger partial charge in [-0.05, 0) is 36.8 Å². The van der Waals surface area contributed by atoms with Gasteiger partial charge in [-0.2, -0.15) is 0 Å². The molecule has 0 unspecified atom stereocenters. The Labute approximate surface area is 121 Å². The van der Waals surface area contributed by atoms with E-state index >= 15 is 0 Å². The molecule has 6 nitrogen and oxygen atoms in total. The maximum absolute atomic E-state index is 12.1. The number of amides is 2. The monoisotopic (exact) mass is 285 g/mol. The molecule has 1 heterocycles. The Morgan fingerprint density at radius 2 is 2.05 bits per heavy atom. The first-order chi connectivity index (χ1) is 10.1. The van der Waals surface area contributed by atoms with E-state index in [-0.39, 0.29) is 0 Å². The van der Waals surface area contributed by atoms with Crippen molar-refractivity contribution in [2.24, 2.45) is 0 Å². The Kier molecular flexibility index (Phi) is 3.21. The van der Waals surface area contributed by atoms with Crippen LogP contribution in [0, 0.1) is 0 Å². The van der Waals surface area contributed by atoms with Gasteiger partial charge in [0.15, 0.2) is 0 Å². The van der Waals surface area contributed by atoms with Gasteiger partial charge >= 0.3 is 12.0 Å². The Morgan fingerprint density at radius 1 is 1.24 bits per heavy atom. The fraction of sp³-hybridized carbons (Fsp3) is 0.267. The number of nitrogens with one attached hydrogen (secondary N) is 2. The number of nitrogens with zero attached hydrogens (tertiary/aromatic N) is 1. The first kappa shape index (κ1) is 13.4. The van der Waals surface area contributed by atoms with E-state index in [1.165, 1.54) is 0 Å². The summed E-state index contributed by atoms with van der Waals surface area (Å²) < 4.78 is 0. The molecule has 1 aromatic heterocycles. The zero-order valence-corrected chi connectivity index (χ0v) is 11.3. The minimum Gasteiger partial charge on any atom is -0.480 e. The highest BCUT2D eigenvalue weighted by Gasteiger charge is 2.45. The van der Waals surface area contributed by atoms with Crippen LogP contribution in [-0.2, 0) is 4.79 Å². The first-order valence-corrected chi connectivity index (χ1v) is 6.76. The van der Waals surface area contributed by atoms with Gasteiger partial charge in [0.1, 0.15) is 5.54 Å². The zero-order chi connectivity index (χ0) is 14.9. The maximum Gasteiger partial charge on any atom is 0.329 e. The lowest BCUT2D eigenvalue weighted by molar-refractivity contribution is -0.148. The predicted molar refractivity (Wildman–Crippen MR) is 78.1 cm³/mol. The number of anilines is 1. The molecule has 108 valence electrons. The molecular weight excluding hydrogens is 270 g/mol. The summed E-state index contributed by atoms with van der Waals surface area (Å²) in [5.41, 5.74) is -0.509. The van der Waals surface area contributed by atoms with Crippen molar-refractivity contribution in [3.8, 4) is 0 Å². The quantitative estimate of drug-likeness (QED) is 0.807. The van der Waals surface area contributed by atoms with Crippen LogP contribution in [0.5, 0.6) is 0 Å². The Morgan fingerprint density at radius 3 is 2.71 bits per heavy atom. The van der Waals surface area contributed by atoms with Gasteiger partial charge in [-0.25, -0.2) is 9.59 Å². The van der Waals surface area contributed by atoms with Crippen molar-refractivity contribution in [1.82, 2.24) is 10.3 Å². The fourth-order valence-corrected chi connectivity index (χ4v) is 2.52. The first-order valence-electron chi connectivity index (χ1n) is 6.76. The second-order valence-electron chi connectivity index (χ2n) is 5.22. The fourth-order valence-electron chi connectivity index (χ4n) is 2.52. The molecule has 0 aliphatic heterocycles. The summed E-state index contributed by atoms with van der Waals surface area (Å²) in [5, 5.41) is 16.3. The number of carboxylic acids is 1. The van der Waals surface area contributed by atoms with Crippen molar-refractivity contribution >= 4 is 28.5 Å². The lowest BCUT2D eigenvalue weighted by Gasteiger charge is -2.38. The van der Waals surface area contributed by atoms with Crippen LogP contribution in [0.4, 0.5) is 10.5 Å². The molecule has 3 rings (SSSR count). The Hall–Kier alpha value is -2.63. The highest BCUT2D eigenvalue weighted by molar-refractivity contribution is 6.02. The van der Waals surface area contributed by atoms with E-state index in [9.17, 15) is 14.7 Å². The number of carboxylic acid groups (broad SMARTS) is 1. The molecule has 0 spiro atoms. The number of hydrogen-bond donors (Lipinski definition) is 3. The summed E-state index contributed by atoms with van der Waals surface area (Å²) in [4.78, 5) is 27.4. The third-order valence-electron chi connectivity index (χ3n) is 3.90. The van der Waals surface area contributed by atoms with Crippen molar-refractivity contribution in [2.45, 2.75) is 24.8 Å². The lowest BCUT2D eigenvalue weighted by Crippen LogP contribution is -2.60. The highest BCUT2D eigenvalue weighted by atomic mass is 16.4. The average molecular weight is 285 g/mol. The second-order valence-corrected chi connectivity index (χ2v) is 5.22. The molecule has 6 heteroatoms.